The third-order valence-electron chi connectivity index (χ3n) is 5.28. The lowest BCUT2D eigenvalue weighted by atomic mass is 9.74. The molecule has 1 fully saturated rings. The zero-order chi connectivity index (χ0) is 17.2. The molecule has 0 amide bonds. The van der Waals surface area contributed by atoms with Gasteiger partial charge in [0.15, 0.2) is 0 Å². The molecule has 0 N–H and O–H groups in total. The third kappa shape index (κ3) is 3.41. The normalized spacial score (nSPS) is 17.5. The van der Waals surface area contributed by atoms with Gasteiger partial charge in [0.05, 0.1) is 0 Å². The van der Waals surface area contributed by atoms with Crippen LogP contribution < -0.4 is 5.19 Å². The van der Waals surface area contributed by atoms with Crippen LogP contribution in [0.4, 0.5) is 0 Å². The molecule has 0 bridgehead atoms. The molecule has 0 spiro atoms. The van der Waals surface area contributed by atoms with Gasteiger partial charge in [0.2, 0.25) is 0 Å². The van der Waals surface area contributed by atoms with E-state index in [9.17, 15) is 0 Å². The van der Waals surface area contributed by atoms with E-state index in [1.807, 2.05) is 0 Å². The van der Waals surface area contributed by atoms with Gasteiger partial charge < -0.3 is 9.62 Å². The summed E-state index contributed by atoms with van der Waals surface area (Å²) in [5, 5.41) is 3.02. The minimum absolute atomic E-state index is 0.385. The van der Waals surface area contributed by atoms with Crippen molar-refractivity contribution in [1.29, 1.82) is 0 Å². The summed E-state index contributed by atoms with van der Waals surface area (Å²) in [6.07, 6.45) is 0. The smallest absolute Gasteiger partial charge is 0.326 e. The minimum atomic E-state index is -1.77. The lowest BCUT2D eigenvalue weighted by molar-refractivity contribution is 0.553. The van der Waals surface area contributed by atoms with Gasteiger partial charge in [-0.2, -0.15) is 0 Å². The predicted molar refractivity (Wildman–Crippen MR) is 109 cm³/mol. The maximum Gasteiger partial charge on any atom is 0.338 e. The standard InChI is InChI=1S/C20H27BN2Si/c1-22-15-16-23(2)21(22)17-20(18-11-7-5-8-12-18)24(3,4)19-13-9-6-10-14-19/h5-14,17H,15-16H2,1-4H3/b20-17-. The predicted octanol–water partition coefficient (Wildman–Crippen LogP) is 3.13. The van der Waals surface area contributed by atoms with Gasteiger partial charge >= 0.3 is 6.98 Å². The first-order valence-corrected chi connectivity index (χ1v) is 11.7. The molecule has 2 nitrogen and oxygen atoms in total. The van der Waals surface area contributed by atoms with E-state index in [2.05, 4.69) is 103 Å². The summed E-state index contributed by atoms with van der Waals surface area (Å²) in [7, 11) is 2.68. The van der Waals surface area contributed by atoms with Crippen LogP contribution in [0.25, 0.3) is 5.20 Å². The first-order valence-electron chi connectivity index (χ1n) is 8.74. The summed E-state index contributed by atoms with van der Waals surface area (Å²) in [5.41, 5.74) is 1.37. The number of likely N-dealkylation sites (N-methyl/N-ethyl adjacent to an activating group) is 2. The molecule has 0 unspecified atom stereocenters. The second-order valence-corrected chi connectivity index (χ2v) is 11.7. The van der Waals surface area contributed by atoms with E-state index >= 15 is 0 Å². The largest absolute Gasteiger partial charge is 0.338 e. The molecule has 1 heterocycles. The number of nitrogens with zero attached hydrogens (tertiary/aromatic N) is 2. The van der Waals surface area contributed by atoms with Gasteiger partial charge in [0, 0.05) is 13.1 Å². The molecule has 2 aromatic carbocycles. The Bertz CT molecular complexity index is 690. The zero-order valence-electron chi connectivity index (χ0n) is 15.2. The number of hydrogen-bond donors (Lipinski definition) is 0. The molecule has 0 atom stereocenters. The highest BCUT2D eigenvalue weighted by atomic mass is 28.3. The quantitative estimate of drug-likeness (QED) is 0.793. The van der Waals surface area contributed by atoms with E-state index in [-0.39, 0.29) is 0 Å². The van der Waals surface area contributed by atoms with Crippen molar-refractivity contribution in [3.8, 4) is 0 Å². The van der Waals surface area contributed by atoms with Crippen LogP contribution in [0.15, 0.2) is 66.6 Å². The zero-order valence-corrected chi connectivity index (χ0v) is 16.2. The van der Waals surface area contributed by atoms with E-state index < -0.39 is 8.07 Å². The van der Waals surface area contributed by atoms with E-state index in [0.717, 1.165) is 13.1 Å². The van der Waals surface area contributed by atoms with Crippen LogP contribution in [0.5, 0.6) is 0 Å². The van der Waals surface area contributed by atoms with Crippen molar-refractivity contribution in [2.24, 2.45) is 0 Å². The summed E-state index contributed by atoms with van der Waals surface area (Å²) in [5.74, 6) is 2.52. The average Bonchev–Trinajstić information content (AvgIpc) is 2.92. The summed E-state index contributed by atoms with van der Waals surface area (Å²) in [6, 6.07) is 22.0. The second-order valence-electron chi connectivity index (χ2n) is 7.31. The van der Waals surface area contributed by atoms with Crippen LogP contribution in [-0.4, -0.2) is 51.9 Å². The van der Waals surface area contributed by atoms with Gasteiger partial charge in [0.25, 0.3) is 0 Å². The van der Waals surface area contributed by atoms with E-state index in [1.54, 1.807) is 0 Å². The van der Waals surface area contributed by atoms with Crippen LogP contribution in [0.3, 0.4) is 0 Å². The topological polar surface area (TPSA) is 6.48 Å². The molecule has 2 aromatic rings. The third-order valence-corrected chi connectivity index (χ3v) is 8.86. The Morgan fingerprint density at radius 2 is 1.38 bits per heavy atom. The number of hydrogen-bond acceptors (Lipinski definition) is 2. The molecule has 0 radical (unpaired) electrons. The summed E-state index contributed by atoms with van der Waals surface area (Å²) < 4.78 is 0. The van der Waals surface area contributed by atoms with Crippen molar-refractivity contribution < 1.29 is 0 Å². The van der Waals surface area contributed by atoms with Crippen molar-refractivity contribution in [2.45, 2.75) is 13.1 Å². The molecule has 3 rings (SSSR count). The number of rotatable bonds is 4. The van der Waals surface area contributed by atoms with Crippen LogP contribution in [0.2, 0.25) is 13.1 Å². The van der Waals surface area contributed by atoms with E-state index in [0.29, 0.717) is 6.98 Å². The molecule has 0 aliphatic carbocycles. The molecule has 1 aliphatic rings. The van der Waals surface area contributed by atoms with E-state index in [1.165, 1.54) is 15.9 Å². The Hall–Kier alpha value is -1.62. The first kappa shape index (κ1) is 17.2. The van der Waals surface area contributed by atoms with Crippen LogP contribution in [-0.2, 0) is 0 Å². The maximum atomic E-state index is 2.52. The lowest BCUT2D eigenvalue weighted by Crippen LogP contribution is -2.45. The highest BCUT2D eigenvalue weighted by Crippen LogP contribution is 2.27. The van der Waals surface area contributed by atoms with Crippen LogP contribution >= 0.6 is 0 Å². The van der Waals surface area contributed by atoms with Crippen LogP contribution in [0, 0.1) is 0 Å². The molecule has 24 heavy (non-hydrogen) atoms. The second kappa shape index (κ2) is 7.10. The molecule has 0 saturated carbocycles. The van der Waals surface area contributed by atoms with Gasteiger partial charge in [-0.25, -0.2) is 0 Å². The molecule has 1 saturated heterocycles. The Balaban J connectivity index is 2.09. The van der Waals surface area contributed by atoms with Crippen molar-refractivity contribution in [3.63, 3.8) is 0 Å². The molecule has 4 heteroatoms. The first-order chi connectivity index (χ1) is 11.5. The Morgan fingerprint density at radius 1 is 0.875 bits per heavy atom. The highest BCUT2D eigenvalue weighted by molar-refractivity contribution is 7.05. The van der Waals surface area contributed by atoms with E-state index in [4.69, 9.17) is 0 Å². The Kier molecular flexibility index (Phi) is 5.09. The maximum absolute atomic E-state index is 2.52. The van der Waals surface area contributed by atoms with Gasteiger partial charge in [-0.1, -0.05) is 90.1 Å². The highest BCUT2D eigenvalue weighted by Gasteiger charge is 2.35. The Labute approximate surface area is 147 Å². The monoisotopic (exact) mass is 334 g/mol. The summed E-state index contributed by atoms with van der Waals surface area (Å²) in [6.45, 7) is 7.59. The Morgan fingerprint density at radius 3 is 1.92 bits per heavy atom. The summed E-state index contributed by atoms with van der Waals surface area (Å²) in [4.78, 5) is 4.89. The molecule has 124 valence electrons. The van der Waals surface area contributed by atoms with Crippen LogP contribution in [0.1, 0.15) is 5.56 Å². The van der Waals surface area contributed by atoms with Crippen molar-refractivity contribution in [2.75, 3.05) is 27.2 Å². The van der Waals surface area contributed by atoms with Gasteiger partial charge in [-0.15, -0.1) is 0 Å². The van der Waals surface area contributed by atoms with Crippen molar-refractivity contribution in [1.82, 2.24) is 9.62 Å². The SMILES string of the molecule is CN1CCN(C)B1/C=C(/c1ccccc1)[Si](C)(C)c1ccccc1. The fourth-order valence-electron chi connectivity index (χ4n) is 3.61. The fraction of sp³-hybridized carbons (Fsp3) is 0.300. The molecule has 1 aliphatic heterocycles. The average molecular weight is 334 g/mol. The summed E-state index contributed by atoms with van der Waals surface area (Å²) >= 11 is 0. The van der Waals surface area contributed by atoms with Gasteiger partial charge in [-0.3, -0.25) is 0 Å². The fourth-order valence-corrected chi connectivity index (χ4v) is 6.40. The van der Waals surface area contributed by atoms with Crippen molar-refractivity contribution >= 4 is 25.4 Å². The van der Waals surface area contributed by atoms with Crippen molar-refractivity contribution in [3.05, 3.63) is 72.2 Å². The molecular formula is C20H27BN2Si. The molecule has 0 aromatic heterocycles. The lowest BCUT2D eigenvalue weighted by Gasteiger charge is -2.29. The number of benzene rings is 2. The minimum Gasteiger partial charge on any atom is -0.326 e. The molecular weight excluding hydrogens is 307 g/mol. The van der Waals surface area contributed by atoms with Gasteiger partial charge in [-0.05, 0) is 19.7 Å². The van der Waals surface area contributed by atoms with Gasteiger partial charge in [0.1, 0.15) is 8.07 Å².